The zero-order chi connectivity index (χ0) is 0. The molecule has 0 saturated heterocycles. The molecule has 0 bridgehead atoms. The zero-order valence-electron chi connectivity index (χ0n) is 2.64. The molecule has 0 saturated carbocycles. The van der Waals surface area contributed by atoms with Gasteiger partial charge >= 0.3 is 0 Å². The third kappa shape index (κ3) is 24.6. The molecule has 0 aromatic rings. The summed E-state index contributed by atoms with van der Waals surface area (Å²) in [4.78, 5) is 0. The summed E-state index contributed by atoms with van der Waals surface area (Å²) >= 11 is 0. The average Bonchev–Trinajstić information content (AvgIpc) is 0. The molecule has 5 heavy (non-hydrogen) atoms. The number of rotatable bonds is 0. The minimum atomic E-state index is 0. The van der Waals surface area contributed by atoms with Gasteiger partial charge in [-0.15, -0.1) is 37.2 Å². The summed E-state index contributed by atoms with van der Waals surface area (Å²) in [6.07, 6.45) is 0. The minimum Gasteiger partial charge on any atom is -0.153 e. The maximum Gasteiger partial charge on any atom is 0 e. The zero-order valence-corrected chi connectivity index (χ0v) is 9.47. The van der Waals surface area contributed by atoms with E-state index >= 15 is 0 Å². The third-order valence-electron chi connectivity index (χ3n) is 0. The second kappa shape index (κ2) is 38.8. The van der Waals surface area contributed by atoms with Gasteiger partial charge in [-0.25, -0.2) is 0 Å². The SMILES string of the molecule is Cl.Cl.Cl.P.[Zn]. The van der Waals surface area contributed by atoms with Crippen molar-refractivity contribution >= 4 is 47.1 Å². The molecule has 1 unspecified atom stereocenters. The molecule has 0 aromatic carbocycles. The van der Waals surface area contributed by atoms with Gasteiger partial charge in [0.25, 0.3) is 0 Å². The summed E-state index contributed by atoms with van der Waals surface area (Å²) in [5, 5.41) is 0. The van der Waals surface area contributed by atoms with Crippen molar-refractivity contribution in [3.8, 4) is 0 Å². The van der Waals surface area contributed by atoms with Crippen LogP contribution in [-0.2, 0) is 19.5 Å². The summed E-state index contributed by atoms with van der Waals surface area (Å²) in [5.41, 5.74) is 0. The van der Waals surface area contributed by atoms with Crippen molar-refractivity contribution in [2.75, 3.05) is 0 Å². The van der Waals surface area contributed by atoms with Gasteiger partial charge in [0.15, 0.2) is 0 Å². The van der Waals surface area contributed by atoms with E-state index in [-0.39, 0.29) is 66.6 Å². The van der Waals surface area contributed by atoms with Crippen molar-refractivity contribution in [1.29, 1.82) is 0 Å². The molecule has 0 radical (unpaired) electrons. The van der Waals surface area contributed by atoms with Gasteiger partial charge in [0, 0.05) is 19.5 Å². The van der Waals surface area contributed by atoms with Crippen LogP contribution in [0.1, 0.15) is 0 Å². The second-order valence-electron chi connectivity index (χ2n) is 0. The van der Waals surface area contributed by atoms with Gasteiger partial charge in [-0.05, 0) is 0 Å². The van der Waals surface area contributed by atoms with Gasteiger partial charge in [-0.1, -0.05) is 0 Å². The monoisotopic (exact) mass is 206 g/mol. The molecule has 0 N–H and O–H groups in total. The second-order valence-corrected chi connectivity index (χ2v) is 0. The van der Waals surface area contributed by atoms with Crippen LogP contribution in [0.5, 0.6) is 0 Å². The summed E-state index contributed by atoms with van der Waals surface area (Å²) in [5.74, 6) is 0. The van der Waals surface area contributed by atoms with E-state index in [1.54, 1.807) is 0 Å². The molecule has 0 aliphatic rings. The average molecular weight is 209 g/mol. The van der Waals surface area contributed by atoms with Crippen molar-refractivity contribution in [1.82, 2.24) is 0 Å². The van der Waals surface area contributed by atoms with E-state index in [1.165, 1.54) is 0 Å². The van der Waals surface area contributed by atoms with Crippen molar-refractivity contribution < 1.29 is 19.5 Å². The summed E-state index contributed by atoms with van der Waals surface area (Å²) in [7, 11) is 0. The first kappa shape index (κ1) is 65.7. The Labute approximate surface area is 66.5 Å². The van der Waals surface area contributed by atoms with Crippen LogP contribution < -0.4 is 0 Å². The Bertz CT molecular complexity index is 6.85. The van der Waals surface area contributed by atoms with Crippen LogP contribution in [0.2, 0.25) is 0 Å². The minimum absolute atomic E-state index is 0. The molecule has 5 heteroatoms. The smallest absolute Gasteiger partial charge is 0 e. The Morgan fingerprint density at radius 1 is 0.600 bits per heavy atom. The van der Waals surface area contributed by atoms with E-state index in [4.69, 9.17) is 0 Å². The molecule has 0 fully saturated rings. The van der Waals surface area contributed by atoms with E-state index in [0.29, 0.717) is 0 Å². The van der Waals surface area contributed by atoms with Crippen LogP contribution in [0, 0.1) is 0 Å². The van der Waals surface area contributed by atoms with Gasteiger partial charge in [0.1, 0.15) is 0 Å². The molecule has 0 aliphatic heterocycles. The number of hydrogen-bond acceptors (Lipinski definition) is 0. The Morgan fingerprint density at radius 3 is 0.600 bits per heavy atom. The summed E-state index contributed by atoms with van der Waals surface area (Å²) < 4.78 is 0. The molecular formula is H6Cl3PZn. The standard InChI is InChI=1S/3ClH.H3P.Zn/h3*1H;1H3;. The van der Waals surface area contributed by atoms with Crippen LogP contribution in [0.3, 0.4) is 0 Å². The van der Waals surface area contributed by atoms with Crippen molar-refractivity contribution in [2.45, 2.75) is 0 Å². The molecule has 0 heterocycles. The van der Waals surface area contributed by atoms with E-state index in [1.807, 2.05) is 0 Å². The summed E-state index contributed by atoms with van der Waals surface area (Å²) in [6, 6.07) is 0. The Balaban J connectivity index is 0. The first-order chi connectivity index (χ1) is 0. The molecular weight excluding hydrogens is 203 g/mol. The van der Waals surface area contributed by atoms with Crippen molar-refractivity contribution in [2.24, 2.45) is 0 Å². The normalized spacial score (nSPS) is 0. The molecule has 0 rings (SSSR count). The van der Waals surface area contributed by atoms with Gasteiger partial charge in [-0.2, -0.15) is 9.90 Å². The van der Waals surface area contributed by atoms with Crippen LogP contribution in [-0.4, -0.2) is 0 Å². The maximum atomic E-state index is 0. The quantitative estimate of drug-likeness (QED) is 0.416. The molecule has 34 valence electrons. The fourth-order valence-electron chi connectivity index (χ4n) is 0. The van der Waals surface area contributed by atoms with E-state index in [9.17, 15) is 0 Å². The Hall–Kier alpha value is 1.92. The first-order valence-corrected chi connectivity index (χ1v) is 0. The Morgan fingerprint density at radius 2 is 0.600 bits per heavy atom. The van der Waals surface area contributed by atoms with Crippen LogP contribution in [0.15, 0.2) is 0 Å². The van der Waals surface area contributed by atoms with Crippen molar-refractivity contribution in [3.63, 3.8) is 0 Å². The third-order valence-corrected chi connectivity index (χ3v) is 0. The Kier molecular flexibility index (Phi) is 510. The van der Waals surface area contributed by atoms with Crippen LogP contribution in [0.25, 0.3) is 0 Å². The van der Waals surface area contributed by atoms with Gasteiger partial charge in [-0.3, -0.25) is 0 Å². The molecule has 0 amide bonds. The number of halogens is 3. The molecule has 0 nitrogen and oxygen atoms in total. The van der Waals surface area contributed by atoms with Gasteiger partial charge < -0.3 is 0 Å². The first-order valence-electron chi connectivity index (χ1n) is 0. The summed E-state index contributed by atoms with van der Waals surface area (Å²) in [6.45, 7) is 0. The van der Waals surface area contributed by atoms with Crippen LogP contribution >= 0.6 is 47.1 Å². The number of hydrogen-bond donors (Lipinski definition) is 0. The fraction of sp³-hybridized carbons (Fsp3) is 0. The fourth-order valence-corrected chi connectivity index (χ4v) is 0. The largest absolute Gasteiger partial charge is 0.153 e. The van der Waals surface area contributed by atoms with E-state index < -0.39 is 0 Å². The molecule has 0 aliphatic carbocycles. The van der Waals surface area contributed by atoms with Crippen molar-refractivity contribution in [3.05, 3.63) is 0 Å². The van der Waals surface area contributed by atoms with E-state index in [0.717, 1.165) is 0 Å². The maximum absolute atomic E-state index is 0. The van der Waals surface area contributed by atoms with Gasteiger partial charge in [0.2, 0.25) is 0 Å². The molecule has 1 atom stereocenters. The van der Waals surface area contributed by atoms with Crippen LogP contribution in [0.4, 0.5) is 0 Å². The van der Waals surface area contributed by atoms with Gasteiger partial charge in [0.05, 0.1) is 0 Å². The van der Waals surface area contributed by atoms with E-state index in [2.05, 4.69) is 0 Å². The topological polar surface area (TPSA) is 0 Å². The predicted octanol–water partition coefficient (Wildman–Crippen LogP) is 1.32. The molecule has 0 spiro atoms. The predicted molar refractivity (Wildman–Crippen MR) is 32.8 cm³/mol. The molecule has 0 aromatic heterocycles.